The van der Waals surface area contributed by atoms with Crippen molar-refractivity contribution in [3.63, 3.8) is 0 Å². The van der Waals surface area contributed by atoms with Crippen molar-refractivity contribution in [3.8, 4) is 0 Å². The number of halogens is 1. The van der Waals surface area contributed by atoms with Gasteiger partial charge in [-0.05, 0) is 41.4 Å². The van der Waals surface area contributed by atoms with Crippen molar-refractivity contribution in [1.29, 1.82) is 0 Å². The molecule has 1 N–H and O–H groups in total. The molecule has 0 saturated heterocycles. The molecule has 2 rings (SSSR count). The van der Waals surface area contributed by atoms with Gasteiger partial charge in [-0.3, -0.25) is 4.79 Å². The number of carbonyl (C=O) groups excluding carboxylic acids is 1. The van der Waals surface area contributed by atoms with Crippen molar-refractivity contribution in [2.75, 3.05) is 6.61 Å². The highest BCUT2D eigenvalue weighted by molar-refractivity contribution is 9.10. The van der Waals surface area contributed by atoms with E-state index in [-0.39, 0.29) is 12.1 Å². The number of nitrogens with zero attached hydrogens (tertiary/aromatic N) is 1. The Morgan fingerprint density at radius 3 is 2.84 bits per heavy atom. The zero-order valence-electron chi connectivity index (χ0n) is 10.3. The first kappa shape index (κ1) is 13.5. The molecule has 0 radical (unpaired) electrons. The summed E-state index contributed by atoms with van der Waals surface area (Å²) in [6.07, 6.45) is 0. The Morgan fingerprint density at radius 2 is 2.21 bits per heavy atom. The second kappa shape index (κ2) is 5.00. The van der Waals surface area contributed by atoms with Crippen LogP contribution in [0.4, 0.5) is 0 Å². The van der Waals surface area contributed by atoms with E-state index in [0.29, 0.717) is 14.7 Å². The Hall–Kier alpha value is -1.89. The van der Waals surface area contributed by atoms with Gasteiger partial charge in [0.05, 0.1) is 6.61 Å². The van der Waals surface area contributed by atoms with Crippen LogP contribution in [0.25, 0.3) is 11.0 Å². The zero-order chi connectivity index (χ0) is 14.2. The molecule has 19 heavy (non-hydrogen) atoms. The van der Waals surface area contributed by atoms with Gasteiger partial charge in [-0.15, -0.1) is 0 Å². The predicted molar refractivity (Wildman–Crippen MR) is 71.9 cm³/mol. The molecule has 0 saturated carbocycles. The summed E-state index contributed by atoms with van der Waals surface area (Å²) in [7, 11) is 0. The molecule has 2 aromatic rings. The lowest BCUT2D eigenvalue weighted by molar-refractivity contribution is -0.581. The summed E-state index contributed by atoms with van der Waals surface area (Å²) in [4.78, 5) is 25.9. The highest BCUT2D eigenvalue weighted by Crippen LogP contribution is 2.21. The number of ether oxygens (including phenoxy) is 1. The quantitative estimate of drug-likeness (QED) is 0.513. The minimum atomic E-state index is -0.932. The van der Waals surface area contributed by atoms with E-state index >= 15 is 0 Å². The van der Waals surface area contributed by atoms with Crippen LogP contribution >= 0.6 is 15.9 Å². The van der Waals surface area contributed by atoms with E-state index in [9.17, 15) is 14.8 Å². The summed E-state index contributed by atoms with van der Waals surface area (Å²) < 4.78 is 5.60. The van der Waals surface area contributed by atoms with E-state index in [4.69, 9.17) is 4.74 Å². The molecule has 0 aliphatic carbocycles. The van der Waals surface area contributed by atoms with Crippen molar-refractivity contribution in [3.05, 3.63) is 43.4 Å². The molecule has 0 atom stereocenters. The molecule has 0 fully saturated rings. The number of H-pyrrole nitrogens is 1. The van der Waals surface area contributed by atoms with Gasteiger partial charge >= 0.3 is 17.2 Å². The van der Waals surface area contributed by atoms with Crippen LogP contribution in [0, 0.1) is 12.1 Å². The highest BCUT2D eigenvalue weighted by atomic mass is 79.9. The third kappa shape index (κ3) is 2.33. The van der Waals surface area contributed by atoms with Crippen LogP contribution in [0.15, 0.2) is 21.4 Å². The van der Waals surface area contributed by atoms with Crippen molar-refractivity contribution in [2.45, 2.75) is 13.8 Å². The first-order valence-corrected chi connectivity index (χ1v) is 6.37. The van der Waals surface area contributed by atoms with E-state index in [1.165, 1.54) is 0 Å². The molecule has 1 heterocycles. The summed E-state index contributed by atoms with van der Waals surface area (Å²) >= 11 is 3.27. The maximum atomic E-state index is 12.1. The molecular weight excluding hydrogens is 316 g/mol. The Balaban J connectivity index is 2.82. The zero-order valence-corrected chi connectivity index (χ0v) is 11.9. The van der Waals surface area contributed by atoms with Gasteiger partial charge in [-0.1, -0.05) is 0 Å². The largest absolute Gasteiger partial charge is 0.617 e. The Labute approximate surface area is 116 Å². The number of fused-ring (bicyclic) bond motifs is 1. The van der Waals surface area contributed by atoms with Crippen LogP contribution in [0.1, 0.15) is 23.0 Å². The SMILES string of the molecule is CCOC(=O)c1c(=O)[nH]c2c(Br)cc(C)cc2[n+]1[O-]. The number of aromatic amines is 1. The molecule has 100 valence electrons. The van der Waals surface area contributed by atoms with Crippen LogP contribution in [-0.4, -0.2) is 17.6 Å². The van der Waals surface area contributed by atoms with Gasteiger partial charge in [-0.2, -0.15) is 4.73 Å². The fraction of sp³-hybridized carbons (Fsp3) is 0.250. The maximum absolute atomic E-state index is 12.1. The fourth-order valence-electron chi connectivity index (χ4n) is 1.77. The van der Waals surface area contributed by atoms with Crippen LogP contribution in [0.2, 0.25) is 0 Å². The average molecular weight is 327 g/mol. The summed E-state index contributed by atoms with van der Waals surface area (Å²) in [5.74, 6) is -0.932. The minimum absolute atomic E-state index is 0.0911. The van der Waals surface area contributed by atoms with Crippen molar-refractivity contribution >= 4 is 32.9 Å². The van der Waals surface area contributed by atoms with Crippen molar-refractivity contribution in [2.24, 2.45) is 0 Å². The van der Waals surface area contributed by atoms with Crippen LogP contribution in [0.5, 0.6) is 0 Å². The standard InChI is InChI=1S/C12H11BrN2O4/c1-3-19-12(17)10-11(16)14-9-7(13)4-6(2)5-8(9)15(10)18/h4-5H,3H2,1-2H3,(H,14,16). The normalized spacial score (nSPS) is 10.7. The molecule has 1 aromatic heterocycles. The number of carbonyl (C=O) groups is 1. The lowest BCUT2D eigenvalue weighted by atomic mass is 10.2. The summed E-state index contributed by atoms with van der Waals surface area (Å²) in [6, 6.07) is 3.36. The number of hydrogen-bond acceptors (Lipinski definition) is 4. The van der Waals surface area contributed by atoms with Crippen LogP contribution in [-0.2, 0) is 4.74 Å². The fourth-order valence-corrected chi connectivity index (χ4v) is 2.43. The third-order valence-electron chi connectivity index (χ3n) is 2.56. The van der Waals surface area contributed by atoms with Gasteiger partial charge < -0.3 is 14.9 Å². The number of nitrogens with one attached hydrogen (secondary N) is 1. The second-order valence-electron chi connectivity index (χ2n) is 3.96. The van der Waals surface area contributed by atoms with E-state index in [0.717, 1.165) is 5.56 Å². The maximum Gasteiger partial charge on any atom is 0.411 e. The topological polar surface area (TPSA) is 86.1 Å². The monoisotopic (exact) mass is 326 g/mol. The third-order valence-corrected chi connectivity index (χ3v) is 3.18. The Morgan fingerprint density at radius 1 is 1.53 bits per heavy atom. The number of rotatable bonds is 2. The summed E-state index contributed by atoms with van der Waals surface area (Å²) in [6.45, 7) is 3.50. The second-order valence-corrected chi connectivity index (χ2v) is 4.81. The van der Waals surface area contributed by atoms with E-state index < -0.39 is 17.2 Å². The Bertz CT molecular complexity index is 724. The van der Waals surface area contributed by atoms with Gasteiger partial charge in [0.2, 0.25) is 5.52 Å². The lowest BCUT2D eigenvalue weighted by Crippen LogP contribution is -2.43. The van der Waals surface area contributed by atoms with Gasteiger partial charge in [0.15, 0.2) is 0 Å². The molecule has 0 aliphatic heterocycles. The Kier molecular flexibility index (Phi) is 3.57. The smallest absolute Gasteiger partial charge is 0.411 e. The minimum Gasteiger partial charge on any atom is -0.617 e. The molecule has 1 aromatic carbocycles. The van der Waals surface area contributed by atoms with Gasteiger partial charge in [-0.25, -0.2) is 4.79 Å². The number of aryl methyl sites for hydroxylation is 1. The lowest BCUT2D eigenvalue weighted by Gasteiger charge is -2.07. The van der Waals surface area contributed by atoms with E-state index in [2.05, 4.69) is 20.9 Å². The first-order valence-electron chi connectivity index (χ1n) is 5.58. The number of aromatic nitrogens is 2. The molecular formula is C12H11BrN2O4. The number of benzene rings is 1. The van der Waals surface area contributed by atoms with Crippen LogP contribution in [0.3, 0.4) is 0 Å². The molecule has 0 amide bonds. The van der Waals surface area contributed by atoms with Gasteiger partial charge in [0.1, 0.15) is 5.52 Å². The van der Waals surface area contributed by atoms with E-state index in [1.807, 2.05) is 0 Å². The summed E-state index contributed by atoms with van der Waals surface area (Å²) in [5, 5.41) is 12.1. The van der Waals surface area contributed by atoms with Gasteiger partial charge in [0.25, 0.3) is 0 Å². The highest BCUT2D eigenvalue weighted by Gasteiger charge is 2.26. The van der Waals surface area contributed by atoms with Crippen LogP contribution < -0.4 is 10.3 Å². The predicted octanol–water partition coefficient (Wildman–Crippen LogP) is 1.41. The molecule has 0 spiro atoms. The molecule has 0 unspecified atom stereocenters. The van der Waals surface area contributed by atoms with E-state index in [1.54, 1.807) is 26.0 Å². The summed E-state index contributed by atoms with van der Waals surface area (Å²) in [5.41, 5.74) is 0.0383. The number of esters is 1. The molecule has 7 heteroatoms. The average Bonchev–Trinajstić information content (AvgIpc) is 2.31. The van der Waals surface area contributed by atoms with Crippen molar-refractivity contribution < 1.29 is 14.3 Å². The first-order chi connectivity index (χ1) is 8.95. The van der Waals surface area contributed by atoms with Gasteiger partial charge in [0, 0.05) is 10.5 Å². The molecule has 0 aliphatic rings. The number of hydrogen-bond donors (Lipinski definition) is 1. The van der Waals surface area contributed by atoms with Crippen molar-refractivity contribution in [1.82, 2.24) is 4.98 Å². The molecule has 0 bridgehead atoms. The molecule has 6 nitrogen and oxygen atoms in total.